The molecule has 0 spiro atoms. The van der Waals surface area contributed by atoms with Gasteiger partial charge in [0.05, 0.1) is 16.7 Å². The van der Waals surface area contributed by atoms with E-state index >= 15 is 0 Å². The van der Waals surface area contributed by atoms with Crippen molar-refractivity contribution in [2.75, 3.05) is 6.26 Å². The van der Waals surface area contributed by atoms with Crippen LogP contribution in [0.15, 0.2) is 37.7 Å². The molecule has 4 rings (SSSR count). The van der Waals surface area contributed by atoms with Crippen molar-refractivity contribution < 1.29 is 0 Å². The summed E-state index contributed by atoms with van der Waals surface area (Å²) in [5.74, 6) is 1.92. The zero-order valence-corrected chi connectivity index (χ0v) is 15.3. The van der Waals surface area contributed by atoms with Gasteiger partial charge in [-0.1, -0.05) is 47.0 Å². The van der Waals surface area contributed by atoms with Crippen LogP contribution in [-0.2, 0) is 12.8 Å². The number of para-hydroxylation sites is 1. The van der Waals surface area contributed by atoms with Crippen molar-refractivity contribution in [3.63, 3.8) is 0 Å². The zero-order valence-electron chi connectivity index (χ0n) is 12.8. The van der Waals surface area contributed by atoms with Gasteiger partial charge in [0, 0.05) is 7.05 Å². The molecule has 0 unspecified atom stereocenters. The molecule has 0 aliphatic rings. The lowest BCUT2D eigenvalue weighted by atomic mass is 10.2. The fourth-order valence-electron chi connectivity index (χ4n) is 2.45. The quantitative estimate of drug-likeness (QED) is 0.506. The maximum absolute atomic E-state index is 12.4. The van der Waals surface area contributed by atoms with Gasteiger partial charge in [0.25, 0.3) is 5.56 Å². The van der Waals surface area contributed by atoms with Crippen molar-refractivity contribution >= 4 is 51.5 Å². The van der Waals surface area contributed by atoms with Crippen molar-refractivity contribution in [2.45, 2.75) is 14.4 Å². The van der Waals surface area contributed by atoms with Crippen molar-refractivity contribution in [2.24, 2.45) is 7.05 Å². The summed E-state index contributed by atoms with van der Waals surface area (Å²) in [4.78, 5) is 12.4. The molecule has 0 saturated heterocycles. The van der Waals surface area contributed by atoms with E-state index in [4.69, 9.17) is 0 Å². The Morgan fingerprint density at radius 3 is 2.71 bits per heavy atom. The minimum atomic E-state index is -0.0709. The number of benzene rings is 1. The molecular weight excluding hydrogens is 364 g/mol. The van der Waals surface area contributed by atoms with Gasteiger partial charge in [-0.05, 0) is 18.4 Å². The summed E-state index contributed by atoms with van der Waals surface area (Å²) < 4.78 is 5.29. The molecule has 0 atom stereocenters. The monoisotopic (exact) mass is 376 g/mol. The molecule has 0 bridgehead atoms. The van der Waals surface area contributed by atoms with E-state index in [0.717, 1.165) is 20.0 Å². The van der Waals surface area contributed by atoms with Crippen LogP contribution in [-0.4, -0.2) is 35.6 Å². The summed E-state index contributed by atoms with van der Waals surface area (Å²) in [6.07, 6.45) is 1.98. The van der Waals surface area contributed by atoms with E-state index in [2.05, 4.69) is 20.4 Å². The first-order valence-electron chi connectivity index (χ1n) is 7.01. The van der Waals surface area contributed by atoms with E-state index in [1.807, 2.05) is 34.9 Å². The fraction of sp³-hybridized carbons (Fsp3) is 0.214. The predicted octanol–water partition coefficient (Wildman–Crippen LogP) is 2.45. The second-order valence-corrected chi connectivity index (χ2v) is 8.21. The maximum Gasteiger partial charge on any atom is 0.262 e. The van der Waals surface area contributed by atoms with Gasteiger partial charge in [-0.2, -0.15) is 0 Å². The number of rotatable bonds is 4. The Morgan fingerprint density at radius 1 is 1.12 bits per heavy atom. The number of thioether (sulfide) groups is 2. The molecule has 7 nitrogen and oxygen atoms in total. The van der Waals surface area contributed by atoms with Crippen LogP contribution >= 0.6 is 34.9 Å². The smallest absolute Gasteiger partial charge is 0.262 e. The van der Waals surface area contributed by atoms with Gasteiger partial charge < -0.3 is 0 Å². The molecule has 0 saturated carbocycles. The van der Waals surface area contributed by atoms with Crippen LogP contribution in [0.5, 0.6) is 0 Å². The van der Waals surface area contributed by atoms with Crippen LogP contribution in [0.3, 0.4) is 0 Å². The van der Waals surface area contributed by atoms with Gasteiger partial charge in [-0.15, -0.1) is 20.4 Å². The molecule has 1 aromatic carbocycles. The van der Waals surface area contributed by atoms with Gasteiger partial charge in [0.1, 0.15) is 5.82 Å². The maximum atomic E-state index is 12.4. The molecular formula is C14H12N6OS3. The minimum Gasteiger partial charge on any atom is -0.279 e. The van der Waals surface area contributed by atoms with E-state index < -0.39 is 0 Å². The van der Waals surface area contributed by atoms with E-state index in [0.29, 0.717) is 16.9 Å². The standard InChI is InChI=1S/C14H12N6OS3/c1-19-11(21)8-5-3-4-6-9(8)20-10(15-16-12(19)20)7-23-14-18-17-13(22-2)24-14/h3-6H,7H2,1-2H3. The Kier molecular flexibility index (Phi) is 4.02. The highest BCUT2D eigenvalue weighted by Crippen LogP contribution is 2.29. The van der Waals surface area contributed by atoms with Crippen LogP contribution in [0.2, 0.25) is 0 Å². The number of hydrogen-bond acceptors (Lipinski definition) is 8. The number of hydrogen-bond donors (Lipinski definition) is 0. The van der Waals surface area contributed by atoms with Crippen LogP contribution in [0.1, 0.15) is 5.82 Å². The lowest BCUT2D eigenvalue weighted by molar-refractivity contribution is 0.857. The topological polar surface area (TPSA) is 78.0 Å². The summed E-state index contributed by atoms with van der Waals surface area (Å²) >= 11 is 4.71. The highest BCUT2D eigenvalue weighted by atomic mass is 32.2. The molecule has 0 amide bonds. The Balaban J connectivity index is 1.80. The van der Waals surface area contributed by atoms with Crippen molar-refractivity contribution in [1.29, 1.82) is 0 Å². The SMILES string of the molecule is CSc1nnc(SCc2nnc3n(C)c(=O)c4ccccc4n23)s1. The molecule has 0 fully saturated rings. The van der Waals surface area contributed by atoms with E-state index in [1.165, 1.54) is 4.57 Å². The summed E-state index contributed by atoms with van der Waals surface area (Å²) in [5.41, 5.74) is 0.747. The van der Waals surface area contributed by atoms with Crippen LogP contribution in [0, 0.1) is 0 Å². The Morgan fingerprint density at radius 2 is 1.92 bits per heavy atom. The lowest BCUT2D eigenvalue weighted by Gasteiger charge is -2.07. The summed E-state index contributed by atoms with van der Waals surface area (Å²) in [6, 6.07) is 7.51. The highest BCUT2D eigenvalue weighted by Gasteiger charge is 2.15. The number of nitrogens with zero attached hydrogens (tertiary/aromatic N) is 6. The summed E-state index contributed by atoms with van der Waals surface area (Å²) in [6.45, 7) is 0. The second-order valence-electron chi connectivity index (χ2n) is 4.96. The first-order chi connectivity index (χ1) is 11.7. The van der Waals surface area contributed by atoms with Gasteiger partial charge >= 0.3 is 0 Å². The van der Waals surface area contributed by atoms with Gasteiger partial charge in [-0.25, -0.2) is 0 Å². The second kappa shape index (κ2) is 6.19. The van der Waals surface area contributed by atoms with Crippen LogP contribution < -0.4 is 5.56 Å². The normalized spacial score (nSPS) is 11.6. The first kappa shape index (κ1) is 15.6. The van der Waals surface area contributed by atoms with Gasteiger partial charge in [0.2, 0.25) is 5.78 Å². The van der Waals surface area contributed by atoms with Gasteiger partial charge in [0.15, 0.2) is 8.68 Å². The molecule has 10 heteroatoms. The molecule has 122 valence electrons. The van der Waals surface area contributed by atoms with E-state index in [1.54, 1.807) is 41.9 Å². The Labute approximate surface area is 149 Å². The Bertz CT molecular complexity index is 1100. The number of aromatic nitrogens is 6. The largest absolute Gasteiger partial charge is 0.279 e. The van der Waals surface area contributed by atoms with E-state index in [-0.39, 0.29) is 5.56 Å². The fourth-order valence-corrected chi connectivity index (χ4v) is 4.80. The molecule has 0 aliphatic carbocycles. The molecule has 0 aliphatic heterocycles. The van der Waals surface area contributed by atoms with Crippen molar-refractivity contribution in [3.8, 4) is 0 Å². The lowest BCUT2D eigenvalue weighted by Crippen LogP contribution is -2.20. The zero-order chi connectivity index (χ0) is 16.7. The van der Waals surface area contributed by atoms with E-state index in [9.17, 15) is 4.79 Å². The number of aryl methyl sites for hydroxylation is 1. The molecule has 0 radical (unpaired) electrons. The first-order valence-corrected chi connectivity index (χ1v) is 10.0. The van der Waals surface area contributed by atoms with Crippen LogP contribution in [0.25, 0.3) is 16.7 Å². The van der Waals surface area contributed by atoms with Crippen molar-refractivity contribution in [1.82, 2.24) is 29.4 Å². The molecule has 3 aromatic heterocycles. The molecule has 4 aromatic rings. The summed E-state index contributed by atoms with van der Waals surface area (Å²) in [7, 11) is 1.71. The average molecular weight is 376 g/mol. The predicted molar refractivity (Wildman–Crippen MR) is 97.0 cm³/mol. The van der Waals surface area contributed by atoms with Crippen LogP contribution in [0.4, 0.5) is 0 Å². The third kappa shape index (κ3) is 2.50. The average Bonchev–Trinajstić information content (AvgIpc) is 3.24. The summed E-state index contributed by atoms with van der Waals surface area (Å²) in [5, 5.41) is 17.4. The number of fused-ring (bicyclic) bond motifs is 3. The third-order valence-corrected chi connectivity index (χ3v) is 6.61. The highest BCUT2D eigenvalue weighted by molar-refractivity contribution is 8.02. The Hall–Kier alpha value is -1.91. The third-order valence-electron chi connectivity index (χ3n) is 3.58. The molecule has 3 heterocycles. The van der Waals surface area contributed by atoms with Gasteiger partial charge in [-0.3, -0.25) is 13.8 Å². The molecule has 0 N–H and O–H groups in total. The minimum absolute atomic E-state index is 0.0709. The van der Waals surface area contributed by atoms with Crippen molar-refractivity contribution in [3.05, 3.63) is 40.4 Å². The molecule has 24 heavy (non-hydrogen) atoms.